The number of ether oxygens (including phenoxy) is 2. The van der Waals surface area contributed by atoms with Crippen LogP contribution in [0.1, 0.15) is 11.1 Å². The number of halogens is 1. The van der Waals surface area contributed by atoms with Gasteiger partial charge in [-0.05, 0) is 47.9 Å². The summed E-state index contributed by atoms with van der Waals surface area (Å²) in [6, 6.07) is 11.2. The van der Waals surface area contributed by atoms with Crippen molar-refractivity contribution in [1.29, 1.82) is 0 Å². The molecule has 5 heteroatoms. The number of aliphatic hydroxyl groups is 1. The molecule has 0 radical (unpaired) electrons. The molecule has 0 amide bonds. The van der Waals surface area contributed by atoms with Crippen LogP contribution in [0.3, 0.4) is 0 Å². The molecule has 1 heterocycles. The van der Waals surface area contributed by atoms with E-state index in [0.29, 0.717) is 18.8 Å². The van der Waals surface area contributed by atoms with Crippen molar-refractivity contribution in [3.63, 3.8) is 0 Å². The van der Waals surface area contributed by atoms with Crippen molar-refractivity contribution in [2.75, 3.05) is 20.3 Å². The Morgan fingerprint density at radius 1 is 1.12 bits per heavy atom. The van der Waals surface area contributed by atoms with Gasteiger partial charge in [0.05, 0.1) is 13.2 Å². The average Bonchev–Trinajstić information content (AvgIpc) is 2.90. The Balaban J connectivity index is 2.02. The lowest BCUT2D eigenvalue weighted by atomic mass is 9.98. The first-order valence-electron chi connectivity index (χ1n) is 7.68. The van der Waals surface area contributed by atoms with Gasteiger partial charge < -0.3 is 14.6 Å². The molecule has 1 aromatic heterocycles. The predicted molar refractivity (Wildman–Crippen MR) is 95.2 cm³/mol. The first-order chi connectivity index (χ1) is 11.6. The summed E-state index contributed by atoms with van der Waals surface area (Å²) in [5.41, 5.74) is 3.15. The topological polar surface area (TPSA) is 38.7 Å². The molecule has 0 bridgehead atoms. The van der Waals surface area contributed by atoms with Crippen LogP contribution in [0.2, 0.25) is 0 Å². The lowest BCUT2D eigenvalue weighted by molar-refractivity contribution is 0.146. The SMILES string of the molecule is COCCOc1ccc(-c2c(F)sc3ccc(CO)cc23)c(C)c1. The molecule has 3 aromatic rings. The number of aliphatic hydroxyl groups excluding tert-OH is 1. The second-order valence-corrected chi connectivity index (χ2v) is 6.56. The summed E-state index contributed by atoms with van der Waals surface area (Å²) in [4.78, 5) is 0. The van der Waals surface area contributed by atoms with E-state index in [4.69, 9.17) is 9.47 Å². The minimum Gasteiger partial charge on any atom is -0.491 e. The molecular weight excluding hydrogens is 327 g/mol. The average molecular weight is 346 g/mol. The number of fused-ring (bicyclic) bond motifs is 1. The van der Waals surface area contributed by atoms with Crippen molar-refractivity contribution >= 4 is 21.4 Å². The molecule has 0 aliphatic rings. The first-order valence-corrected chi connectivity index (χ1v) is 8.50. The van der Waals surface area contributed by atoms with Crippen molar-refractivity contribution in [3.05, 3.63) is 52.7 Å². The molecule has 3 rings (SSSR count). The third-order valence-electron chi connectivity index (χ3n) is 3.92. The number of hydrogen-bond donors (Lipinski definition) is 1. The highest BCUT2D eigenvalue weighted by atomic mass is 32.1. The number of methoxy groups -OCH3 is 1. The zero-order chi connectivity index (χ0) is 17.1. The van der Waals surface area contributed by atoms with Crippen molar-refractivity contribution in [2.24, 2.45) is 0 Å². The molecule has 0 atom stereocenters. The van der Waals surface area contributed by atoms with Crippen LogP contribution in [0.15, 0.2) is 36.4 Å². The summed E-state index contributed by atoms with van der Waals surface area (Å²) in [6.07, 6.45) is 0. The zero-order valence-electron chi connectivity index (χ0n) is 13.6. The third-order valence-corrected chi connectivity index (χ3v) is 4.87. The van der Waals surface area contributed by atoms with Crippen LogP contribution < -0.4 is 4.74 Å². The molecule has 0 unspecified atom stereocenters. The van der Waals surface area contributed by atoms with E-state index in [1.165, 1.54) is 0 Å². The van der Waals surface area contributed by atoms with Gasteiger partial charge in [0, 0.05) is 22.8 Å². The standard InChI is InChI=1S/C19H19FO3S/c1-12-9-14(23-8-7-22-2)4-5-15(12)18-16-10-13(11-21)3-6-17(16)24-19(18)20/h3-6,9-10,21H,7-8,11H2,1-2H3. The number of rotatable bonds is 6. The maximum absolute atomic E-state index is 14.6. The summed E-state index contributed by atoms with van der Waals surface area (Å²) in [6.45, 7) is 2.88. The molecular formula is C19H19FO3S. The summed E-state index contributed by atoms with van der Waals surface area (Å²) in [5, 5.41) is 9.96. The van der Waals surface area contributed by atoms with Gasteiger partial charge in [0.25, 0.3) is 0 Å². The molecule has 0 saturated heterocycles. The Morgan fingerprint density at radius 3 is 2.67 bits per heavy atom. The number of hydrogen-bond acceptors (Lipinski definition) is 4. The largest absolute Gasteiger partial charge is 0.491 e. The van der Waals surface area contributed by atoms with Crippen LogP contribution in [0.4, 0.5) is 4.39 Å². The second kappa shape index (κ2) is 7.30. The van der Waals surface area contributed by atoms with Crippen molar-refractivity contribution in [3.8, 4) is 16.9 Å². The summed E-state index contributed by atoms with van der Waals surface area (Å²) >= 11 is 1.13. The van der Waals surface area contributed by atoms with Crippen LogP contribution in [0.25, 0.3) is 21.2 Å². The van der Waals surface area contributed by atoms with E-state index in [2.05, 4.69) is 0 Å². The normalized spacial score (nSPS) is 11.2. The van der Waals surface area contributed by atoms with E-state index < -0.39 is 0 Å². The highest BCUT2D eigenvalue weighted by Crippen LogP contribution is 2.40. The Labute approximate surface area is 144 Å². The highest BCUT2D eigenvalue weighted by molar-refractivity contribution is 7.18. The Bertz CT molecular complexity index is 857. The van der Waals surface area contributed by atoms with Gasteiger partial charge in [-0.15, -0.1) is 11.3 Å². The number of aryl methyl sites for hydroxylation is 1. The molecule has 0 aliphatic carbocycles. The molecule has 0 saturated carbocycles. The van der Waals surface area contributed by atoms with Crippen molar-refractivity contribution in [2.45, 2.75) is 13.5 Å². The van der Waals surface area contributed by atoms with Crippen LogP contribution in [0.5, 0.6) is 5.75 Å². The minimum absolute atomic E-state index is 0.0574. The van der Waals surface area contributed by atoms with Crippen molar-refractivity contribution in [1.82, 2.24) is 0 Å². The van der Waals surface area contributed by atoms with Gasteiger partial charge in [0.1, 0.15) is 12.4 Å². The van der Waals surface area contributed by atoms with Gasteiger partial charge in [0.15, 0.2) is 5.13 Å². The molecule has 1 N–H and O–H groups in total. The lowest BCUT2D eigenvalue weighted by Gasteiger charge is -2.10. The molecule has 3 nitrogen and oxygen atoms in total. The molecule has 126 valence electrons. The van der Waals surface area contributed by atoms with Gasteiger partial charge in [-0.3, -0.25) is 0 Å². The van der Waals surface area contributed by atoms with Gasteiger partial charge >= 0.3 is 0 Å². The molecule has 2 aromatic carbocycles. The van der Waals surface area contributed by atoms with E-state index >= 15 is 0 Å². The minimum atomic E-state index is -0.212. The van der Waals surface area contributed by atoms with E-state index in [1.807, 2.05) is 43.3 Å². The second-order valence-electron chi connectivity index (χ2n) is 5.56. The predicted octanol–water partition coefficient (Wildman–Crippen LogP) is 4.53. The highest BCUT2D eigenvalue weighted by Gasteiger charge is 2.16. The number of thiophene rings is 1. The third kappa shape index (κ3) is 3.29. The Hall–Kier alpha value is -1.95. The quantitative estimate of drug-likeness (QED) is 0.666. The van der Waals surface area contributed by atoms with Gasteiger partial charge in [-0.1, -0.05) is 12.1 Å². The van der Waals surface area contributed by atoms with Gasteiger partial charge in [-0.2, -0.15) is 4.39 Å². The lowest BCUT2D eigenvalue weighted by Crippen LogP contribution is -2.04. The summed E-state index contributed by atoms with van der Waals surface area (Å²) in [7, 11) is 1.63. The Morgan fingerprint density at radius 2 is 1.96 bits per heavy atom. The smallest absolute Gasteiger partial charge is 0.185 e. The maximum Gasteiger partial charge on any atom is 0.185 e. The summed E-state index contributed by atoms with van der Waals surface area (Å²) in [5.74, 6) is 0.740. The van der Waals surface area contributed by atoms with Crippen LogP contribution in [-0.4, -0.2) is 25.4 Å². The molecule has 24 heavy (non-hydrogen) atoms. The fourth-order valence-electron chi connectivity index (χ4n) is 2.71. The first kappa shape index (κ1) is 16.9. The monoisotopic (exact) mass is 346 g/mol. The van der Waals surface area contributed by atoms with Crippen molar-refractivity contribution < 1.29 is 19.0 Å². The van der Waals surface area contributed by atoms with E-state index in [9.17, 15) is 9.50 Å². The molecule has 0 fully saturated rings. The van der Waals surface area contributed by atoms with E-state index in [-0.39, 0.29) is 11.7 Å². The van der Waals surface area contributed by atoms with E-state index in [1.54, 1.807) is 7.11 Å². The zero-order valence-corrected chi connectivity index (χ0v) is 14.5. The summed E-state index contributed by atoms with van der Waals surface area (Å²) < 4.78 is 26.0. The van der Waals surface area contributed by atoms with Gasteiger partial charge in [0.2, 0.25) is 0 Å². The van der Waals surface area contributed by atoms with Crippen LogP contribution >= 0.6 is 11.3 Å². The Kier molecular flexibility index (Phi) is 5.14. The van der Waals surface area contributed by atoms with Gasteiger partial charge in [-0.25, -0.2) is 0 Å². The number of benzene rings is 2. The van der Waals surface area contributed by atoms with Crippen LogP contribution in [0, 0.1) is 12.1 Å². The maximum atomic E-state index is 14.6. The fourth-order valence-corrected chi connectivity index (χ4v) is 3.64. The molecule has 0 spiro atoms. The van der Waals surface area contributed by atoms with Crippen LogP contribution in [-0.2, 0) is 11.3 Å². The fraction of sp³-hybridized carbons (Fsp3) is 0.263. The van der Waals surface area contributed by atoms with E-state index in [0.717, 1.165) is 43.9 Å². The molecule has 0 aliphatic heterocycles.